The minimum absolute atomic E-state index is 0.0467. The van der Waals surface area contributed by atoms with Crippen molar-refractivity contribution in [3.8, 4) is 11.5 Å². The van der Waals surface area contributed by atoms with Gasteiger partial charge in [-0.25, -0.2) is 0 Å². The SMILES string of the molecule is CC1(C)CCC(CNCc2ccc3c(c2)OCO3)O1. The van der Waals surface area contributed by atoms with Gasteiger partial charge in [-0.1, -0.05) is 6.07 Å². The van der Waals surface area contributed by atoms with Gasteiger partial charge in [-0.05, 0) is 44.4 Å². The van der Waals surface area contributed by atoms with Crippen LogP contribution in [-0.4, -0.2) is 25.0 Å². The van der Waals surface area contributed by atoms with Gasteiger partial charge in [-0.2, -0.15) is 0 Å². The van der Waals surface area contributed by atoms with E-state index in [1.165, 1.54) is 5.56 Å². The van der Waals surface area contributed by atoms with Crippen molar-refractivity contribution in [1.29, 1.82) is 0 Å². The highest BCUT2D eigenvalue weighted by Crippen LogP contribution is 2.32. The molecular formula is C15H21NO3. The Bertz CT molecular complexity index is 459. The van der Waals surface area contributed by atoms with Crippen LogP contribution in [0.15, 0.2) is 18.2 Å². The van der Waals surface area contributed by atoms with Crippen LogP contribution >= 0.6 is 0 Å². The maximum atomic E-state index is 5.95. The van der Waals surface area contributed by atoms with Gasteiger partial charge in [-0.15, -0.1) is 0 Å². The highest BCUT2D eigenvalue weighted by atomic mass is 16.7. The van der Waals surface area contributed by atoms with E-state index in [0.29, 0.717) is 12.9 Å². The van der Waals surface area contributed by atoms with Crippen molar-refractivity contribution in [2.24, 2.45) is 0 Å². The molecule has 4 nitrogen and oxygen atoms in total. The first kappa shape index (κ1) is 12.8. The molecule has 0 amide bonds. The molecule has 3 rings (SSSR count). The van der Waals surface area contributed by atoms with Crippen molar-refractivity contribution in [3.63, 3.8) is 0 Å². The second-order valence-electron chi connectivity index (χ2n) is 5.86. The Morgan fingerprint density at radius 3 is 2.89 bits per heavy atom. The van der Waals surface area contributed by atoms with Crippen molar-refractivity contribution in [3.05, 3.63) is 23.8 Å². The predicted molar refractivity (Wildman–Crippen MR) is 72.5 cm³/mol. The molecule has 0 aliphatic carbocycles. The van der Waals surface area contributed by atoms with Crippen LogP contribution in [0.1, 0.15) is 32.3 Å². The normalized spacial score (nSPS) is 23.8. The molecule has 1 N–H and O–H groups in total. The molecule has 2 heterocycles. The molecule has 0 aromatic heterocycles. The third-order valence-electron chi connectivity index (χ3n) is 3.69. The van der Waals surface area contributed by atoms with Crippen LogP contribution in [0.5, 0.6) is 11.5 Å². The molecule has 19 heavy (non-hydrogen) atoms. The molecule has 104 valence electrons. The largest absolute Gasteiger partial charge is 0.454 e. The lowest BCUT2D eigenvalue weighted by atomic mass is 10.1. The molecule has 1 atom stereocenters. The van der Waals surface area contributed by atoms with Gasteiger partial charge < -0.3 is 19.5 Å². The van der Waals surface area contributed by atoms with E-state index < -0.39 is 0 Å². The molecule has 4 heteroatoms. The van der Waals surface area contributed by atoms with Crippen molar-refractivity contribution >= 4 is 0 Å². The lowest BCUT2D eigenvalue weighted by Crippen LogP contribution is -2.29. The summed E-state index contributed by atoms with van der Waals surface area (Å²) in [5.74, 6) is 1.68. The number of rotatable bonds is 4. The maximum absolute atomic E-state index is 5.95. The van der Waals surface area contributed by atoms with Gasteiger partial charge in [-0.3, -0.25) is 0 Å². The first-order valence-electron chi connectivity index (χ1n) is 6.89. The van der Waals surface area contributed by atoms with E-state index in [-0.39, 0.29) is 5.60 Å². The van der Waals surface area contributed by atoms with E-state index in [2.05, 4.69) is 25.2 Å². The minimum Gasteiger partial charge on any atom is -0.454 e. The Hall–Kier alpha value is -1.26. The fraction of sp³-hybridized carbons (Fsp3) is 0.600. The van der Waals surface area contributed by atoms with Crippen molar-refractivity contribution in [2.75, 3.05) is 13.3 Å². The summed E-state index contributed by atoms with van der Waals surface area (Å²) in [6.45, 7) is 6.38. The van der Waals surface area contributed by atoms with Crippen LogP contribution in [0.4, 0.5) is 0 Å². The van der Waals surface area contributed by atoms with E-state index in [1.807, 2.05) is 12.1 Å². The second kappa shape index (κ2) is 5.02. The van der Waals surface area contributed by atoms with E-state index in [4.69, 9.17) is 14.2 Å². The van der Waals surface area contributed by atoms with Crippen LogP contribution in [0.25, 0.3) is 0 Å². The molecule has 1 aromatic carbocycles. The number of hydrogen-bond acceptors (Lipinski definition) is 4. The van der Waals surface area contributed by atoms with E-state index in [9.17, 15) is 0 Å². The molecule has 0 bridgehead atoms. The highest BCUT2D eigenvalue weighted by Gasteiger charge is 2.31. The van der Waals surface area contributed by atoms with Crippen LogP contribution in [0.2, 0.25) is 0 Å². The van der Waals surface area contributed by atoms with Gasteiger partial charge in [0.1, 0.15) is 0 Å². The smallest absolute Gasteiger partial charge is 0.231 e. The number of benzene rings is 1. The summed E-state index contributed by atoms with van der Waals surface area (Å²) in [5, 5.41) is 3.45. The van der Waals surface area contributed by atoms with Gasteiger partial charge in [0.2, 0.25) is 6.79 Å². The third kappa shape index (κ3) is 3.01. The number of nitrogens with one attached hydrogen (secondary N) is 1. The molecular weight excluding hydrogens is 242 g/mol. The van der Waals surface area contributed by atoms with E-state index in [0.717, 1.165) is 37.4 Å². The van der Waals surface area contributed by atoms with Gasteiger partial charge in [0, 0.05) is 13.1 Å². The summed E-state index contributed by atoms with van der Waals surface area (Å²) in [4.78, 5) is 0. The second-order valence-corrected chi connectivity index (χ2v) is 5.86. The Morgan fingerprint density at radius 1 is 1.26 bits per heavy atom. The summed E-state index contributed by atoms with van der Waals surface area (Å²) < 4.78 is 16.6. The van der Waals surface area contributed by atoms with Crippen molar-refractivity contribution in [2.45, 2.75) is 44.9 Å². The topological polar surface area (TPSA) is 39.7 Å². The van der Waals surface area contributed by atoms with Gasteiger partial charge in [0.15, 0.2) is 11.5 Å². The quantitative estimate of drug-likeness (QED) is 0.906. The molecule has 1 fully saturated rings. The lowest BCUT2D eigenvalue weighted by molar-refractivity contribution is -0.0142. The Kier molecular flexibility index (Phi) is 3.37. The van der Waals surface area contributed by atoms with E-state index >= 15 is 0 Å². The van der Waals surface area contributed by atoms with Gasteiger partial charge >= 0.3 is 0 Å². The van der Waals surface area contributed by atoms with Crippen molar-refractivity contribution < 1.29 is 14.2 Å². The standard InChI is InChI=1S/C15H21NO3/c1-15(2)6-5-12(19-15)9-16-8-11-3-4-13-14(7-11)18-10-17-13/h3-4,7,12,16H,5-6,8-10H2,1-2H3. The highest BCUT2D eigenvalue weighted by molar-refractivity contribution is 5.44. The molecule has 1 unspecified atom stereocenters. The lowest BCUT2D eigenvalue weighted by Gasteiger charge is -2.19. The maximum Gasteiger partial charge on any atom is 0.231 e. The number of fused-ring (bicyclic) bond motifs is 1. The molecule has 1 saturated heterocycles. The summed E-state index contributed by atoms with van der Waals surface area (Å²) in [6.07, 6.45) is 2.62. The third-order valence-corrected chi connectivity index (χ3v) is 3.69. The molecule has 2 aliphatic rings. The summed E-state index contributed by atoms with van der Waals surface area (Å²) in [7, 11) is 0. The molecule has 1 aromatic rings. The van der Waals surface area contributed by atoms with Crippen molar-refractivity contribution in [1.82, 2.24) is 5.32 Å². The van der Waals surface area contributed by atoms with Crippen LogP contribution in [0, 0.1) is 0 Å². The first-order valence-corrected chi connectivity index (χ1v) is 6.89. The minimum atomic E-state index is 0.0467. The molecule has 0 saturated carbocycles. The average Bonchev–Trinajstić information content (AvgIpc) is 2.95. The zero-order chi connectivity index (χ0) is 13.3. The Labute approximate surface area is 114 Å². The summed E-state index contributed by atoms with van der Waals surface area (Å²) in [6, 6.07) is 6.07. The zero-order valence-corrected chi connectivity index (χ0v) is 11.6. The molecule has 0 radical (unpaired) electrons. The van der Waals surface area contributed by atoms with Crippen LogP contribution < -0.4 is 14.8 Å². The Balaban J connectivity index is 1.48. The van der Waals surface area contributed by atoms with Gasteiger partial charge in [0.05, 0.1) is 11.7 Å². The molecule has 0 spiro atoms. The van der Waals surface area contributed by atoms with E-state index in [1.54, 1.807) is 0 Å². The number of hydrogen-bond donors (Lipinski definition) is 1. The van der Waals surface area contributed by atoms with Crippen LogP contribution in [-0.2, 0) is 11.3 Å². The fourth-order valence-electron chi connectivity index (χ4n) is 2.65. The summed E-state index contributed by atoms with van der Waals surface area (Å²) in [5.41, 5.74) is 1.26. The first-order chi connectivity index (χ1) is 9.12. The average molecular weight is 263 g/mol. The Morgan fingerprint density at radius 2 is 2.11 bits per heavy atom. The summed E-state index contributed by atoms with van der Waals surface area (Å²) >= 11 is 0. The monoisotopic (exact) mass is 263 g/mol. The van der Waals surface area contributed by atoms with Crippen LogP contribution in [0.3, 0.4) is 0 Å². The number of ether oxygens (including phenoxy) is 3. The fourth-order valence-corrected chi connectivity index (χ4v) is 2.65. The molecule has 2 aliphatic heterocycles. The zero-order valence-electron chi connectivity index (χ0n) is 11.6. The predicted octanol–water partition coefficient (Wildman–Crippen LogP) is 2.46. The van der Waals surface area contributed by atoms with Gasteiger partial charge in [0.25, 0.3) is 0 Å².